The summed E-state index contributed by atoms with van der Waals surface area (Å²) in [6.45, 7) is 5.98. The van der Waals surface area contributed by atoms with E-state index in [0.29, 0.717) is 28.7 Å². The number of aliphatic hydroxyl groups excluding tert-OH is 1. The van der Waals surface area contributed by atoms with Gasteiger partial charge in [0.05, 0.1) is 28.7 Å². The van der Waals surface area contributed by atoms with Crippen molar-refractivity contribution in [2.45, 2.75) is 32.8 Å². The summed E-state index contributed by atoms with van der Waals surface area (Å²) in [4.78, 5) is 28.8. The zero-order chi connectivity index (χ0) is 28.2. The van der Waals surface area contributed by atoms with Crippen LogP contribution in [0.4, 0.5) is 16.3 Å². The van der Waals surface area contributed by atoms with Crippen LogP contribution < -0.4 is 20.7 Å². The van der Waals surface area contributed by atoms with Crippen molar-refractivity contribution in [1.29, 1.82) is 0 Å². The third kappa shape index (κ3) is 6.73. The van der Waals surface area contributed by atoms with Crippen molar-refractivity contribution < 1.29 is 19.4 Å². The highest BCUT2D eigenvalue weighted by Gasteiger charge is 2.22. The summed E-state index contributed by atoms with van der Waals surface area (Å²) in [6, 6.07) is 16.5. The fourth-order valence-electron chi connectivity index (χ4n) is 3.61. The maximum Gasteiger partial charge on any atom is 0.324 e. The number of amides is 3. The predicted molar refractivity (Wildman–Crippen MR) is 150 cm³/mol. The highest BCUT2D eigenvalue weighted by Crippen LogP contribution is 2.31. The highest BCUT2D eigenvalue weighted by molar-refractivity contribution is 6.34. The van der Waals surface area contributed by atoms with Crippen LogP contribution in [0, 0.1) is 0 Å². The quantitative estimate of drug-likeness (QED) is 0.241. The lowest BCUT2D eigenvalue weighted by atomic mass is 9.92. The molecule has 2 heterocycles. The molecule has 0 aliphatic carbocycles. The van der Waals surface area contributed by atoms with Gasteiger partial charge >= 0.3 is 6.03 Å². The van der Waals surface area contributed by atoms with Gasteiger partial charge in [-0.15, -0.1) is 0 Å². The minimum atomic E-state index is -0.519. The molecule has 0 aliphatic heterocycles. The van der Waals surface area contributed by atoms with Crippen LogP contribution in [0.15, 0.2) is 66.9 Å². The Kier molecular flexibility index (Phi) is 8.18. The Morgan fingerprint density at radius 2 is 1.79 bits per heavy atom. The summed E-state index contributed by atoms with van der Waals surface area (Å²) in [5.74, 6) is 0.942. The predicted octanol–water partition coefficient (Wildman–Crippen LogP) is 5.51. The molecule has 0 saturated heterocycles. The van der Waals surface area contributed by atoms with E-state index in [0.717, 1.165) is 11.3 Å². The van der Waals surface area contributed by atoms with Gasteiger partial charge in [-0.25, -0.2) is 9.48 Å². The fourth-order valence-corrected chi connectivity index (χ4v) is 3.83. The number of pyridine rings is 1. The lowest BCUT2D eigenvalue weighted by molar-refractivity contribution is 0.0957. The average Bonchev–Trinajstić information content (AvgIpc) is 3.34. The average molecular weight is 549 g/mol. The van der Waals surface area contributed by atoms with E-state index in [-0.39, 0.29) is 28.6 Å². The van der Waals surface area contributed by atoms with Crippen molar-refractivity contribution in [2.75, 3.05) is 17.7 Å². The summed E-state index contributed by atoms with van der Waals surface area (Å²) >= 11 is 6.43. The van der Waals surface area contributed by atoms with E-state index in [1.165, 1.54) is 19.3 Å². The second-order valence-corrected chi connectivity index (χ2v) is 10.1. The molecule has 11 heteroatoms. The van der Waals surface area contributed by atoms with Gasteiger partial charge in [-0.1, -0.05) is 44.5 Å². The second kappa shape index (κ2) is 11.5. The largest absolute Gasteiger partial charge is 0.457 e. The molecule has 10 nitrogen and oxygen atoms in total. The Labute approximate surface area is 231 Å². The molecule has 2 aromatic heterocycles. The number of nitrogens with zero attached hydrogens (tertiary/aromatic N) is 3. The molecule has 0 fully saturated rings. The molecule has 0 bridgehead atoms. The topological polar surface area (TPSA) is 130 Å². The second-order valence-electron chi connectivity index (χ2n) is 9.68. The lowest BCUT2D eigenvalue weighted by Gasteiger charge is -2.14. The van der Waals surface area contributed by atoms with Crippen LogP contribution in [0.1, 0.15) is 42.5 Å². The zero-order valence-corrected chi connectivity index (χ0v) is 22.7. The Morgan fingerprint density at radius 1 is 1.03 bits per heavy atom. The van der Waals surface area contributed by atoms with Gasteiger partial charge in [-0.05, 0) is 35.9 Å². The van der Waals surface area contributed by atoms with Crippen LogP contribution in [-0.2, 0) is 12.0 Å². The molecule has 0 atom stereocenters. The molecule has 39 heavy (non-hydrogen) atoms. The molecule has 4 rings (SSSR count). The molecule has 0 aliphatic rings. The molecular formula is C28H29ClN6O4. The third-order valence-corrected chi connectivity index (χ3v) is 5.99. The van der Waals surface area contributed by atoms with E-state index < -0.39 is 6.03 Å². The number of anilines is 2. The monoisotopic (exact) mass is 548 g/mol. The minimum absolute atomic E-state index is 0.112. The molecule has 0 unspecified atom stereocenters. The first kappa shape index (κ1) is 27.6. The highest BCUT2D eigenvalue weighted by atomic mass is 35.5. The Morgan fingerprint density at radius 3 is 2.49 bits per heavy atom. The van der Waals surface area contributed by atoms with E-state index in [9.17, 15) is 14.7 Å². The Bertz CT molecular complexity index is 1510. The van der Waals surface area contributed by atoms with Gasteiger partial charge in [-0.2, -0.15) is 5.10 Å². The number of carbonyl (C=O) groups is 2. The number of urea groups is 1. The zero-order valence-electron chi connectivity index (χ0n) is 21.9. The number of nitrogens with one attached hydrogen (secondary N) is 3. The number of halogens is 1. The molecule has 0 saturated carbocycles. The van der Waals surface area contributed by atoms with Gasteiger partial charge in [0.15, 0.2) is 0 Å². The molecule has 4 aromatic rings. The van der Waals surface area contributed by atoms with Crippen molar-refractivity contribution >= 4 is 35.0 Å². The first-order chi connectivity index (χ1) is 18.6. The van der Waals surface area contributed by atoms with Gasteiger partial charge < -0.3 is 20.5 Å². The van der Waals surface area contributed by atoms with Gasteiger partial charge in [0.25, 0.3) is 5.91 Å². The number of carbonyl (C=O) groups excluding carboxylic acids is 2. The van der Waals surface area contributed by atoms with Crippen molar-refractivity contribution in [3.63, 3.8) is 0 Å². The number of aliphatic hydroxyl groups is 1. The lowest BCUT2D eigenvalue weighted by Crippen LogP contribution is -2.21. The molecule has 0 spiro atoms. The molecule has 202 valence electrons. The number of rotatable bonds is 7. The number of aromatic nitrogens is 3. The Balaban J connectivity index is 1.51. The van der Waals surface area contributed by atoms with Gasteiger partial charge in [0.1, 0.15) is 23.0 Å². The number of hydrogen-bond donors (Lipinski definition) is 4. The number of ether oxygens (including phenoxy) is 1. The van der Waals surface area contributed by atoms with E-state index in [1.807, 2.05) is 45.0 Å². The first-order valence-corrected chi connectivity index (χ1v) is 12.5. The minimum Gasteiger partial charge on any atom is -0.457 e. The van der Waals surface area contributed by atoms with Crippen molar-refractivity contribution in [3.05, 3.63) is 88.8 Å². The summed E-state index contributed by atoms with van der Waals surface area (Å²) in [5, 5.41) is 22.6. The van der Waals surface area contributed by atoms with Crippen LogP contribution in [-0.4, -0.2) is 38.9 Å². The maximum absolute atomic E-state index is 13.0. The number of hydrogen-bond acceptors (Lipinski definition) is 6. The van der Waals surface area contributed by atoms with Gasteiger partial charge in [0, 0.05) is 36.9 Å². The summed E-state index contributed by atoms with van der Waals surface area (Å²) < 4.78 is 7.43. The van der Waals surface area contributed by atoms with Crippen LogP contribution in [0.5, 0.6) is 11.5 Å². The van der Waals surface area contributed by atoms with Gasteiger partial charge in [-0.3, -0.25) is 15.1 Å². The summed E-state index contributed by atoms with van der Waals surface area (Å²) in [5.41, 5.74) is 2.52. The summed E-state index contributed by atoms with van der Waals surface area (Å²) in [6.07, 6.45) is 1.47. The summed E-state index contributed by atoms with van der Waals surface area (Å²) in [7, 11) is 1.52. The maximum atomic E-state index is 13.0. The van der Waals surface area contributed by atoms with Crippen molar-refractivity contribution in [3.8, 4) is 17.2 Å². The van der Waals surface area contributed by atoms with Crippen molar-refractivity contribution in [1.82, 2.24) is 20.1 Å². The van der Waals surface area contributed by atoms with Crippen LogP contribution >= 0.6 is 11.6 Å². The smallest absolute Gasteiger partial charge is 0.324 e. The third-order valence-electron chi connectivity index (χ3n) is 5.67. The van der Waals surface area contributed by atoms with E-state index in [4.69, 9.17) is 21.4 Å². The Hall–Kier alpha value is -4.41. The standard InChI is InChI=1S/C28H29ClN6O4/c1-28(2,3)24-15-25(35(34-24)18-7-5-6-17(12-18)16-36)33-27(38)32-22-9-8-19(13-21(22)29)39-20-10-11-31-23(14-20)26(37)30-4/h5-15,36H,16H2,1-4H3,(H,30,37)(H2,32,33,38). The van der Waals surface area contributed by atoms with Crippen LogP contribution in [0.2, 0.25) is 5.02 Å². The molecule has 4 N–H and O–H groups in total. The van der Waals surface area contributed by atoms with Crippen molar-refractivity contribution in [2.24, 2.45) is 0 Å². The normalized spacial score (nSPS) is 11.1. The molecule has 0 radical (unpaired) electrons. The SMILES string of the molecule is CNC(=O)c1cc(Oc2ccc(NC(=O)Nc3cc(C(C)(C)C)nn3-c3cccc(CO)c3)c(Cl)c2)ccn1. The van der Waals surface area contributed by atoms with Crippen LogP contribution in [0.3, 0.4) is 0 Å². The van der Waals surface area contributed by atoms with Gasteiger partial charge in [0.2, 0.25) is 0 Å². The molecular weight excluding hydrogens is 520 g/mol. The first-order valence-electron chi connectivity index (χ1n) is 12.1. The van der Waals surface area contributed by atoms with E-state index >= 15 is 0 Å². The van der Waals surface area contributed by atoms with E-state index in [1.54, 1.807) is 35.0 Å². The number of benzene rings is 2. The van der Waals surface area contributed by atoms with Crippen LogP contribution in [0.25, 0.3) is 5.69 Å². The molecule has 3 amide bonds. The molecule has 2 aromatic carbocycles. The van der Waals surface area contributed by atoms with E-state index in [2.05, 4.69) is 20.9 Å². The fraction of sp³-hybridized carbons (Fsp3) is 0.214.